The van der Waals surface area contributed by atoms with E-state index in [2.05, 4.69) is 5.32 Å². The van der Waals surface area contributed by atoms with Crippen molar-refractivity contribution in [1.29, 1.82) is 0 Å². The van der Waals surface area contributed by atoms with Gasteiger partial charge in [-0.05, 0) is 66.6 Å². The average Bonchev–Trinajstić information content (AvgIpc) is 3.15. The zero-order chi connectivity index (χ0) is 19.7. The van der Waals surface area contributed by atoms with Crippen molar-refractivity contribution in [3.63, 3.8) is 0 Å². The van der Waals surface area contributed by atoms with Crippen LogP contribution in [0.5, 0.6) is 0 Å². The fraction of sp³-hybridized carbons (Fsp3) is 0.0952. The maximum Gasteiger partial charge on any atom is 0.264 e. The lowest BCUT2D eigenvalue weighted by Crippen LogP contribution is -2.29. The highest BCUT2D eigenvalue weighted by Gasteiger charge is 2.30. The number of nitrogens with zero attached hydrogens (tertiary/aromatic N) is 1. The van der Waals surface area contributed by atoms with Crippen molar-refractivity contribution < 1.29 is 17.6 Å². The highest BCUT2D eigenvalue weighted by molar-refractivity contribution is 7.92. The number of carbonyl (C=O) groups is 1. The molecule has 5 nitrogen and oxygen atoms in total. The minimum atomic E-state index is -3.70. The third-order valence-corrected chi connectivity index (χ3v) is 6.48. The van der Waals surface area contributed by atoms with Crippen LogP contribution in [0.25, 0.3) is 0 Å². The van der Waals surface area contributed by atoms with E-state index in [-0.39, 0.29) is 4.90 Å². The molecule has 4 rings (SSSR count). The van der Waals surface area contributed by atoms with Crippen LogP contribution in [0.3, 0.4) is 0 Å². The molecular formula is C21H17FN2O3S. The predicted molar refractivity (Wildman–Crippen MR) is 105 cm³/mol. The number of para-hydroxylation sites is 1. The molecule has 0 saturated carbocycles. The summed E-state index contributed by atoms with van der Waals surface area (Å²) in [6.07, 6.45) is 0.674. The van der Waals surface area contributed by atoms with Crippen molar-refractivity contribution in [2.45, 2.75) is 11.3 Å². The first-order valence-corrected chi connectivity index (χ1v) is 10.2. The second-order valence-electron chi connectivity index (χ2n) is 6.44. The molecule has 0 atom stereocenters. The normalized spacial score (nSPS) is 13.2. The Morgan fingerprint density at radius 1 is 0.929 bits per heavy atom. The van der Waals surface area contributed by atoms with E-state index in [1.807, 2.05) is 18.2 Å². The number of fused-ring (bicyclic) bond motifs is 1. The van der Waals surface area contributed by atoms with Crippen LogP contribution in [-0.4, -0.2) is 20.9 Å². The summed E-state index contributed by atoms with van der Waals surface area (Å²) in [5.41, 5.74) is 2.46. The number of rotatable bonds is 4. The first-order chi connectivity index (χ1) is 13.4. The Morgan fingerprint density at radius 2 is 1.61 bits per heavy atom. The molecule has 1 N–H and O–H groups in total. The van der Waals surface area contributed by atoms with Crippen molar-refractivity contribution in [3.8, 4) is 0 Å². The van der Waals surface area contributed by atoms with Gasteiger partial charge in [0.2, 0.25) is 0 Å². The average molecular weight is 396 g/mol. The molecule has 7 heteroatoms. The van der Waals surface area contributed by atoms with Gasteiger partial charge in [-0.25, -0.2) is 12.8 Å². The van der Waals surface area contributed by atoms with Crippen molar-refractivity contribution >= 4 is 27.3 Å². The summed E-state index contributed by atoms with van der Waals surface area (Å²) >= 11 is 0. The minimum absolute atomic E-state index is 0.127. The second-order valence-corrected chi connectivity index (χ2v) is 8.30. The molecular weight excluding hydrogens is 379 g/mol. The standard InChI is InChI=1S/C21H17FN2O3S/c22-17-7-9-18(10-8-17)23-21(25)16-5-11-19(12-6-16)28(26,27)24-14-13-15-3-1-2-4-20(15)24/h1-12H,13-14H2,(H,23,25). The Kier molecular flexibility index (Phi) is 4.60. The summed E-state index contributed by atoms with van der Waals surface area (Å²) in [5, 5.41) is 2.65. The molecule has 1 amide bonds. The molecule has 28 heavy (non-hydrogen) atoms. The molecule has 0 bridgehead atoms. The number of hydrogen-bond donors (Lipinski definition) is 1. The number of benzene rings is 3. The Hall–Kier alpha value is -3.19. The van der Waals surface area contributed by atoms with Gasteiger partial charge in [-0.2, -0.15) is 0 Å². The fourth-order valence-electron chi connectivity index (χ4n) is 3.20. The van der Waals surface area contributed by atoms with E-state index in [0.717, 1.165) is 5.56 Å². The zero-order valence-corrected chi connectivity index (χ0v) is 15.6. The van der Waals surface area contributed by atoms with Crippen molar-refractivity contribution in [2.24, 2.45) is 0 Å². The number of halogens is 1. The van der Waals surface area contributed by atoms with Gasteiger partial charge >= 0.3 is 0 Å². The SMILES string of the molecule is O=C(Nc1ccc(F)cc1)c1ccc(S(=O)(=O)N2CCc3ccccc32)cc1. The van der Waals surface area contributed by atoms with Crippen molar-refractivity contribution in [1.82, 2.24) is 0 Å². The van der Waals surface area contributed by atoms with E-state index >= 15 is 0 Å². The first kappa shape index (κ1) is 18.2. The highest BCUT2D eigenvalue weighted by atomic mass is 32.2. The van der Waals surface area contributed by atoms with E-state index in [9.17, 15) is 17.6 Å². The second kappa shape index (κ2) is 7.09. The molecule has 3 aromatic carbocycles. The van der Waals surface area contributed by atoms with E-state index in [4.69, 9.17) is 0 Å². The topological polar surface area (TPSA) is 66.5 Å². The number of carbonyl (C=O) groups excluding carboxylic acids is 1. The quantitative estimate of drug-likeness (QED) is 0.729. The summed E-state index contributed by atoms with van der Waals surface area (Å²) in [5.74, 6) is -0.793. The van der Waals surface area contributed by atoms with E-state index < -0.39 is 21.7 Å². The van der Waals surface area contributed by atoms with Crippen LogP contribution in [0.4, 0.5) is 15.8 Å². The summed E-state index contributed by atoms with van der Waals surface area (Å²) in [6, 6.07) is 18.6. The minimum Gasteiger partial charge on any atom is -0.322 e. The molecule has 1 heterocycles. The number of amides is 1. The molecule has 1 aliphatic rings. The van der Waals surface area contributed by atoms with Crippen molar-refractivity contribution in [2.75, 3.05) is 16.2 Å². The Balaban J connectivity index is 1.54. The summed E-state index contributed by atoms with van der Waals surface area (Å²) in [6.45, 7) is 0.397. The van der Waals surface area contributed by atoms with Crippen LogP contribution in [0, 0.1) is 5.82 Å². The lowest BCUT2D eigenvalue weighted by Gasteiger charge is -2.19. The predicted octanol–water partition coefficient (Wildman–Crippen LogP) is 3.83. The number of sulfonamides is 1. The van der Waals surface area contributed by atoms with Gasteiger partial charge in [0.15, 0.2) is 0 Å². The first-order valence-electron chi connectivity index (χ1n) is 8.73. The molecule has 0 spiro atoms. The maximum atomic E-state index is 13.0. The van der Waals surface area contributed by atoms with E-state index in [0.29, 0.717) is 29.9 Å². The molecule has 0 fully saturated rings. The molecule has 3 aromatic rings. The van der Waals surface area contributed by atoms with Crippen LogP contribution in [0.2, 0.25) is 0 Å². The van der Waals surface area contributed by atoms with Gasteiger partial charge in [0.05, 0.1) is 10.6 Å². The lowest BCUT2D eigenvalue weighted by atomic mass is 10.2. The number of hydrogen-bond acceptors (Lipinski definition) is 3. The molecule has 1 aliphatic heterocycles. The Labute approximate surface area is 162 Å². The van der Waals surface area contributed by atoms with Crippen LogP contribution < -0.4 is 9.62 Å². The third kappa shape index (κ3) is 3.36. The van der Waals surface area contributed by atoms with Gasteiger partial charge in [0, 0.05) is 17.8 Å². The van der Waals surface area contributed by atoms with Gasteiger partial charge < -0.3 is 5.32 Å². The monoisotopic (exact) mass is 396 g/mol. The Morgan fingerprint density at radius 3 is 2.32 bits per heavy atom. The van der Waals surface area contributed by atoms with Gasteiger partial charge in [-0.3, -0.25) is 9.10 Å². The fourth-order valence-corrected chi connectivity index (χ4v) is 4.70. The summed E-state index contributed by atoms with van der Waals surface area (Å²) < 4.78 is 40.3. The van der Waals surface area contributed by atoms with E-state index in [1.165, 1.54) is 52.8 Å². The molecule has 0 saturated heterocycles. The largest absolute Gasteiger partial charge is 0.322 e. The van der Waals surface area contributed by atoms with Crippen LogP contribution >= 0.6 is 0 Å². The van der Waals surface area contributed by atoms with Crippen molar-refractivity contribution in [3.05, 3.63) is 89.7 Å². The van der Waals surface area contributed by atoms with Crippen LogP contribution in [0.1, 0.15) is 15.9 Å². The summed E-state index contributed by atoms with van der Waals surface area (Å²) in [4.78, 5) is 12.4. The lowest BCUT2D eigenvalue weighted by molar-refractivity contribution is 0.102. The number of nitrogens with one attached hydrogen (secondary N) is 1. The number of anilines is 2. The Bertz CT molecular complexity index is 1130. The smallest absolute Gasteiger partial charge is 0.264 e. The van der Waals surface area contributed by atoms with Crippen LogP contribution in [-0.2, 0) is 16.4 Å². The molecule has 0 radical (unpaired) electrons. The highest BCUT2D eigenvalue weighted by Crippen LogP contribution is 2.32. The van der Waals surface area contributed by atoms with E-state index in [1.54, 1.807) is 6.07 Å². The van der Waals surface area contributed by atoms with Gasteiger partial charge in [-0.15, -0.1) is 0 Å². The molecule has 0 aromatic heterocycles. The molecule has 142 valence electrons. The zero-order valence-electron chi connectivity index (χ0n) is 14.8. The summed E-state index contributed by atoms with van der Waals surface area (Å²) in [7, 11) is -3.70. The molecule has 0 unspecified atom stereocenters. The van der Waals surface area contributed by atoms with Crippen LogP contribution in [0.15, 0.2) is 77.7 Å². The van der Waals surface area contributed by atoms with Gasteiger partial charge in [-0.1, -0.05) is 18.2 Å². The molecule has 0 aliphatic carbocycles. The van der Waals surface area contributed by atoms with Gasteiger partial charge in [0.1, 0.15) is 5.82 Å². The maximum absolute atomic E-state index is 13.0. The van der Waals surface area contributed by atoms with Gasteiger partial charge in [0.25, 0.3) is 15.9 Å². The third-order valence-electron chi connectivity index (χ3n) is 4.65.